The lowest BCUT2D eigenvalue weighted by Gasteiger charge is -2.20. The molecule has 3 unspecified atom stereocenters. The molecular formula is C11H22N2O. The summed E-state index contributed by atoms with van der Waals surface area (Å²) in [5.41, 5.74) is 5.11. The van der Waals surface area contributed by atoms with Crippen LogP contribution in [-0.4, -0.2) is 12.1 Å². The van der Waals surface area contributed by atoms with Crippen molar-refractivity contribution >= 4 is 6.03 Å². The zero-order valence-electron chi connectivity index (χ0n) is 9.42. The summed E-state index contributed by atoms with van der Waals surface area (Å²) < 4.78 is 0. The Balaban J connectivity index is 2.37. The zero-order chi connectivity index (χ0) is 10.7. The quantitative estimate of drug-likeness (QED) is 0.717. The van der Waals surface area contributed by atoms with Crippen molar-refractivity contribution in [3.05, 3.63) is 0 Å². The van der Waals surface area contributed by atoms with Crippen molar-refractivity contribution in [1.82, 2.24) is 5.32 Å². The lowest BCUT2D eigenvalue weighted by molar-refractivity contribution is 0.240. The number of amides is 2. The highest BCUT2D eigenvalue weighted by molar-refractivity contribution is 5.71. The summed E-state index contributed by atoms with van der Waals surface area (Å²) in [6, 6.07) is -0.165. The second-order valence-electron chi connectivity index (χ2n) is 4.87. The Hall–Kier alpha value is -0.730. The number of nitrogens with two attached hydrogens (primary N) is 1. The van der Waals surface area contributed by atoms with E-state index in [-0.39, 0.29) is 6.04 Å². The first kappa shape index (κ1) is 11.3. The van der Waals surface area contributed by atoms with Gasteiger partial charge in [-0.05, 0) is 43.9 Å². The fourth-order valence-electron chi connectivity index (χ4n) is 2.45. The van der Waals surface area contributed by atoms with E-state index in [0.29, 0.717) is 5.92 Å². The molecule has 0 aromatic rings. The van der Waals surface area contributed by atoms with Crippen molar-refractivity contribution in [2.24, 2.45) is 23.5 Å². The van der Waals surface area contributed by atoms with Gasteiger partial charge in [0.05, 0.1) is 0 Å². The largest absolute Gasteiger partial charge is 0.352 e. The lowest BCUT2D eigenvalue weighted by Crippen LogP contribution is -2.40. The molecule has 3 atom stereocenters. The van der Waals surface area contributed by atoms with Gasteiger partial charge in [0.2, 0.25) is 0 Å². The van der Waals surface area contributed by atoms with Crippen LogP contribution >= 0.6 is 0 Å². The summed E-state index contributed by atoms with van der Waals surface area (Å²) in [5, 5.41) is 2.78. The Bertz CT molecular complexity index is 203. The van der Waals surface area contributed by atoms with Crippen LogP contribution in [0.15, 0.2) is 0 Å². The standard InChI is InChI=1S/C11H22N2O/c1-7(2)9-4-5-10(6-9)8(3)13-11(12)14/h7-10H,4-6H2,1-3H3,(H3,12,13,14). The maximum absolute atomic E-state index is 10.7. The highest BCUT2D eigenvalue weighted by Crippen LogP contribution is 2.37. The molecule has 0 saturated heterocycles. The molecule has 0 aliphatic heterocycles. The average Bonchev–Trinajstić information content (AvgIpc) is 2.50. The fraction of sp³-hybridized carbons (Fsp3) is 0.909. The van der Waals surface area contributed by atoms with E-state index in [2.05, 4.69) is 26.1 Å². The smallest absolute Gasteiger partial charge is 0.312 e. The summed E-state index contributed by atoms with van der Waals surface area (Å²) in [5.74, 6) is 2.22. The van der Waals surface area contributed by atoms with Crippen LogP contribution in [0.25, 0.3) is 0 Å². The van der Waals surface area contributed by atoms with Crippen LogP contribution in [0.4, 0.5) is 4.79 Å². The number of hydrogen-bond acceptors (Lipinski definition) is 1. The van der Waals surface area contributed by atoms with E-state index >= 15 is 0 Å². The fourth-order valence-corrected chi connectivity index (χ4v) is 2.45. The number of nitrogens with one attached hydrogen (secondary N) is 1. The number of urea groups is 1. The lowest BCUT2D eigenvalue weighted by atomic mass is 9.91. The van der Waals surface area contributed by atoms with Crippen LogP contribution in [0.5, 0.6) is 0 Å². The summed E-state index contributed by atoms with van der Waals surface area (Å²) in [6.07, 6.45) is 3.76. The number of carbonyl (C=O) groups is 1. The molecule has 1 fully saturated rings. The first-order chi connectivity index (χ1) is 6.50. The summed E-state index contributed by atoms with van der Waals surface area (Å²) in [7, 11) is 0. The molecule has 0 aromatic carbocycles. The minimum Gasteiger partial charge on any atom is -0.352 e. The Morgan fingerprint density at radius 1 is 1.29 bits per heavy atom. The Morgan fingerprint density at radius 3 is 2.29 bits per heavy atom. The number of rotatable bonds is 3. The van der Waals surface area contributed by atoms with E-state index in [1.54, 1.807) is 0 Å². The molecule has 0 aromatic heterocycles. The molecule has 1 aliphatic rings. The highest BCUT2D eigenvalue weighted by atomic mass is 16.2. The van der Waals surface area contributed by atoms with E-state index in [9.17, 15) is 4.79 Å². The van der Waals surface area contributed by atoms with Crippen molar-refractivity contribution in [2.75, 3.05) is 0 Å². The first-order valence-electron chi connectivity index (χ1n) is 5.56. The van der Waals surface area contributed by atoms with Crippen LogP contribution in [0.2, 0.25) is 0 Å². The second-order valence-corrected chi connectivity index (χ2v) is 4.87. The van der Waals surface area contributed by atoms with Gasteiger partial charge in [-0.1, -0.05) is 13.8 Å². The molecule has 1 saturated carbocycles. The molecule has 0 radical (unpaired) electrons. The minimum atomic E-state index is -0.398. The summed E-state index contributed by atoms with van der Waals surface area (Å²) in [4.78, 5) is 10.7. The molecule has 3 heteroatoms. The van der Waals surface area contributed by atoms with Crippen LogP contribution in [-0.2, 0) is 0 Å². The van der Waals surface area contributed by atoms with Crippen LogP contribution in [0, 0.1) is 17.8 Å². The van der Waals surface area contributed by atoms with Gasteiger partial charge in [-0.25, -0.2) is 4.79 Å². The minimum absolute atomic E-state index is 0.233. The van der Waals surface area contributed by atoms with Gasteiger partial charge in [0.1, 0.15) is 0 Å². The highest BCUT2D eigenvalue weighted by Gasteiger charge is 2.30. The van der Waals surface area contributed by atoms with Crippen LogP contribution in [0.1, 0.15) is 40.0 Å². The van der Waals surface area contributed by atoms with Crippen LogP contribution < -0.4 is 11.1 Å². The van der Waals surface area contributed by atoms with Gasteiger partial charge >= 0.3 is 6.03 Å². The van der Waals surface area contributed by atoms with Crippen molar-refractivity contribution in [1.29, 1.82) is 0 Å². The predicted molar refractivity (Wildman–Crippen MR) is 57.9 cm³/mol. The third-order valence-electron chi connectivity index (χ3n) is 3.53. The van der Waals surface area contributed by atoms with Gasteiger partial charge < -0.3 is 11.1 Å². The molecule has 0 heterocycles. The number of carbonyl (C=O) groups excluding carboxylic acids is 1. The Kier molecular flexibility index (Phi) is 3.78. The Labute approximate surface area is 86.4 Å². The molecule has 14 heavy (non-hydrogen) atoms. The van der Waals surface area contributed by atoms with Gasteiger partial charge in [0, 0.05) is 6.04 Å². The average molecular weight is 198 g/mol. The maximum atomic E-state index is 10.7. The molecule has 0 bridgehead atoms. The SMILES string of the molecule is CC(C)C1CCC(C(C)NC(N)=O)C1. The zero-order valence-corrected chi connectivity index (χ0v) is 9.42. The second kappa shape index (κ2) is 4.67. The van der Waals surface area contributed by atoms with E-state index < -0.39 is 6.03 Å². The molecule has 3 nitrogen and oxygen atoms in total. The number of hydrogen-bond donors (Lipinski definition) is 2. The van der Waals surface area contributed by atoms with Crippen molar-refractivity contribution in [3.63, 3.8) is 0 Å². The molecule has 2 amide bonds. The topological polar surface area (TPSA) is 55.1 Å². The van der Waals surface area contributed by atoms with Crippen molar-refractivity contribution in [2.45, 2.75) is 46.1 Å². The predicted octanol–water partition coefficient (Wildman–Crippen LogP) is 2.12. The van der Waals surface area contributed by atoms with Gasteiger partial charge in [-0.15, -0.1) is 0 Å². The van der Waals surface area contributed by atoms with Gasteiger partial charge in [0.25, 0.3) is 0 Å². The molecule has 3 N–H and O–H groups in total. The van der Waals surface area contributed by atoms with Crippen molar-refractivity contribution < 1.29 is 4.79 Å². The molecule has 0 spiro atoms. The maximum Gasteiger partial charge on any atom is 0.312 e. The first-order valence-corrected chi connectivity index (χ1v) is 5.56. The molecule has 1 aliphatic carbocycles. The monoisotopic (exact) mass is 198 g/mol. The molecule has 1 rings (SSSR count). The van der Waals surface area contributed by atoms with E-state index in [1.165, 1.54) is 19.3 Å². The number of primary amides is 1. The van der Waals surface area contributed by atoms with E-state index in [0.717, 1.165) is 11.8 Å². The summed E-state index contributed by atoms with van der Waals surface area (Å²) in [6.45, 7) is 6.61. The normalized spacial score (nSPS) is 29.1. The van der Waals surface area contributed by atoms with Gasteiger partial charge in [-0.3, -0.25) is 0 Å². The van der Waals surface area contributed by atoms with Crippen LogP contribution in [0.3, 0.4) is 0 Å². The van der Waals surface area contributed by atoms with E-state index in [4.69, 9.17) is 5.73 Å². The Morgan fingerprint density at radius 2 is 1.86 bits per heavy atom. The molecule has 82 valence electrons. The van der Waals surface area contributed by atoms with Crippen molar-refractivity contribution in [3.8, 4) is 0 Å². The summed E-state index contributed by atoms with van der Waals surface area (Å²) >= 11 is 0. The van der Waals surface area contributed by atoms with Gasteiger partial charge in [0.15, 0.2) is 0 Å². The molecular weight excluding hydrogens is 176 g/mol. The third kappa shape index (κ3) is 2.89. The van der Waals surface area contributed by atoms with Gasteiger partial charge in [-0.2, -0.15) is 0 Å². The third-order valence-corrected chi connectivity index (χ3v) is 3.53. The van der Waals surface area contributed by atoms with E-state index in [1.807, 2.05) is 0 Å².